The van der Waals surface area contributed by atoms with Gasteiger partial charge in [-0.05, 0) is 66.6 Å². The van der Waals surface area contributed by atoms with Crippen LogP contribution in [0.2, 0.25) is 0 Å². The van der Waals surface area contributed by atoms with Crippen LogP contribution in [0.5, 0.6) is 5.75 Å². The van der Waals surface area contributed by atoms with Gasteiger partial charge in [-0.1, -0.05) is 82.3 Å². The van der Waals surface area contributed by atoms with Crippen molar-refractivity contribution >= 4 is 0 Å². The Morgan fingerprint density at radius 3 is 1.84 bits per heavy atom. The van der Waals surface area contributed by atoms with Crippen LogP contribution in [0.1, 0.15) is 81.4 Å². The minimum Gasteiger partial charge on any atom is -0.406 e. The van der Waals surface area contributed by atoms with Gasteiger partial charge in [0.25, 0.3) is 0 Å². The van der Waals surface area contributed by atoms with Gasteiger partial charge >= 0.3 is 6.36 Å². The minimum atomic E-state index is -4.68. The molecule has 0 amide bonds. The summed E-state index contributed by atoms with van der Waals surface area (Å²) >= 11 is 0. The summed E-state index contributed by atoms with van der Waals surface area (Å²) in [6.45, 7) is 2.27. The van der Waals surface area contributed by atoms with E-state index in [0.717, 1.165) is 23.8 Å². The SMILES string of the molecule is CCCCCC1CCC(CCc2ccc(C#Cc3ccc(OC(F)(F)F)cc3)cc2)CC1. The van der Waals surface area contributed by atoms with Crippen molar-refractivity contribution in [3.63, 3.8) is 0 Å². The Hall–Kier alpha value is -2.41. The number of alkyl halides is 3. The normalized spacial score (nSPS) is 18.6. The molecule has 0 unspecified atom stereocenters. The molecular formula is C28H33F3O. The summed E-state index contributed by atoms with van der Waals surface area (Å²) in [5, 5.41) is 0. The fourth-order valence-electron chi connectivity index (χ4n) is 4.50. The number of rotatable bonds is 8. The average molecular weight is 443 g/mol. The summed E-state index contributed by atoms with van der Waals surface area (Å²) in [6.07, 6.45) is 8.80. The highest BCUT2D eigenvalue weighted by Gasteiger charge is 2.30. The first kappa shape index (κ1) is 24.2. The van der Waals surface area contributed by atoms with Gasteiger partial charge in [-0.25, -0.2) is 0 Å². The first-order valence-electron chi connectivity index (χ1n) is 11.9. The van der Waals surface area contributed by atoms with Crippen LogP contribution < -0.4 is 4.74 Å². The molecule has 1 saturated carbocycles. The molecular weight excluding hydrogens is 409 g/mol. The van der Waals surface area contributed by atoms with Crippen LogP contribution in [-0.4, -0.2) is 6.36 Å². The van der Waals surface area contributed by atoms with Crippen molar-refractivity contribution in [3.8, 4) is 17.6 Å². The van der Waals surface area contributed by atoms with Crippen LogP contribution in [0, 0.1) is 23.7 Å². The van der Waals surface area contributed by atoms with E-state index in [1.165, 1.54) is 87.6 Å². The molecule has 0 aromatic heterocycles. The van der Waals surface area contributed by atoms with Crippen molar-refractivity contribution in [2.75, 3.05) is 0 Å². The lowest BCUT2D eigenvalue weighted by atomic mass is 9.78. The third-order valence-corrected chi connectivity index (χ3v) is 6.42. The standard InChI is InChI=1S/C28H33F3O/c1-2-3-4-5-22-6-8-23(9-7-22)10-11-24-12-14-25(15-13-24)16-17-26-18-20-27(21-19-26)32-28(29,30)31/h12-15,18-23H,2-11H2,1H3. The summed E-state index contributed by atoms with van der Waals surface area (Å²) in [4.78, 5) is 0. The Labute approximate surface area is 190 Å². The van der Waals surface area contributed by atoms with E-state index < -0.39 is 6.36 Å². The monoisotopic (exact) mass is 442 g/mol. The van der Waals surface area contributed by atoms with Gasteiger partial charge in [0.15, 0.2) is 0 Å². The van der Waals surface area contributed by atoms with Crippen LogP contribution in [0.3, 0.4) is 0 Å². The lowest BCUT2D eigenvalue weighted by Gasteiger charge is -2.28. The molecule has 172 valence electrons. The molecule has 0 bridgehead atoms. The lowest BCUT2D eigenvalue weighted by Crippen LogP contribution is -2.16. The number of halogens is 3. The highest BCUT2D eigenvalue weighted by Crippen LogP contribution is 2.34. The number of benzene rings is 2. The number of hydrogen-bond donors (Lipinski definition) is 0. The van der Waals surface area contributed by atoms with Crippen LogP contribution in [0.15, 0.2) is 48.5 Å². The van der Waals surface area contributed by atoms with E-state index in [-0.39, 0.29) is 5.75 Å². The second kappa shape index (κ2) is 12.0. The van der Waals surface area contributed by atoms with Crippen LogP contribution in [0.4, 0.5) is 13.2 Å². The summed E-state index contributed by atoms with van der Waals surface area (Å²) in [5.41, 5.74) is 2.89. The maximum absolute atomic E-state index is 12.2. The molecule has 1 aliphatic rings. The smallest absolute Gasteiger partial charge is 0.406 e. The van der Waals surface area contributed by atoms with Gasteiger partial charge in [0, 0.05) is 11.1 Å². The number of aryl methyl sites for hydroxylation is 1. The molecule has 0 spiro atoms. The molecule has 1 nitrogen and oxygen atoms in total. The maximum Gasteiger partial charge on any atom is 0.573 e. The van der Waals surface area contributed by atoms with Gasteiger partial charge in [-0.3, -0.25) is 0 Å². The molecule has 2 aromatic carbocycles. The molecule has 1 fully saturated rings. The fourth-order valence-corrected chi connectivity index (χ4v) is 4.50. The molecule has 0 atom stereocenters. The predicted octanol–water partition coefficient (Wildman–Crippen LogP) is 8.30. The molecule has 1 aliphatic carbocycles. The van der Waals surface area contributed by atoms with Gasteiger partial charge in [-0.2, -0.15) is 0 Å². The molecule has 2 aromatic rings. The highest BCUT2D eigenvalue weighted by molar-refractivity contribution is 5.44. The van der Waals surface area contributed by atoms with Crippen molar-refractivity contribution in [3.05, 3.63) is 65.2 Å². The number of unbranched alkanes of at least 4 members (excludes halogenated alkanes) is 2. The van der Waals surface area contributed by atoms with Crippen LogP contribution >= 0.6 is 0 Å². The Morgan fingerprint density at radius 1 is 0.781 bits per heavy atom. The predicted molar refractivity (Wildman–Crippen MR) is 123 cm³/mol. The van der Waals surface area contributed by atoms with Crippen molar-refractivity contribution in [2.24, 2.45) is 11.8 Å². The lowest BCUT2D eigenvalue weighted by molar-refractivity contribution is -0.274. The van der Waals surface area contributed by atoms with Gasteiger partial charge in [0.1, 0.15) is 5.75 Å². The third-order valence-electron chi connectivity index (χ3n) is 6.42. The van der Waals surface area contributed by atoms with E-state index in [1.54, 1.807) is 0 Å². The molecule has 0 heterocycles. The van der Waals surface area contributed by atoms with Crippen molar-refractivity contribution < 1.29 is 17.9 Å². The van der Waals surface area contributed by atoms with E-state index in [2.05, 4.69) is 35.6 Å². The van der Waals surface area contributed by atoms with Crippen molar-refractivity contribution in [2.45, 2.75) is 77.5 Å². The molecule has 0 saturated heterocycles. The maximum atomic E-state index is 12.2. The van der Waals surface area contributed by atoms with E-state index in [1.807, 2.05) is 12.1 Å². The molecule has 32 heavy (non-hydrogen) atoms. The zero-order chi connectivity index (χ0) is 22.8. The summed E-state index contributed by atoms with van der Waals surface area (Å²) < 4.78 is 40.5. The van der Waals surface area contributed by atoms with Gasteiger partial charge in [0.05, 0.1) is 0 Å². The van der Waals surface area contributed by atoms with E-state index in [4.69, 9.17) is 0 Å². The van der Waals surface area contributed by atoms with E-state index in [0.29, 0.717) is 5.56 Å². The summed E-state index contributed by atoms with van der Waals surface area (Å²) in [7, 11) is 0. The van der Waals surface area contributed by atoms with Crippen molar-refractivity contribution in [1.29, 1.82) is 0 Å². The van der Waals surface area contributed by atoms with Crippen LogP contribution in [-0.2, 0) is 6.42 Å². The first-order valence-corrected chi connectivity index (χ1v) is 11.9. The fraction of sp³-hybridized carbons (Fsp3) is 0.500. The van der Waals surface area contributed by atoms with Crippen LogP contribution in [0.25, 0.3) is 0 Å². The van der Waals surface area contributed by atoms with E-state index >= 15 is 0 Å². The topological polar surface area (TPSA) is 9.23 Å². The number of hydrogen-bond acceptors (Lipinski definition) is 1. The molecule has 0 N–H and O–H groups in total. The molecule has 0 radical (unpaired) electrons. The third kappa shape index (κ3) is 8.61. The first-order chi connectivity index (χ1) is 15.4. The van der Waals surface area contributed by atoms with Gasteiger partial charge < -0.3 is 4.74 Å². The van der Waals surface area contributed by atoms with Gasteiger partial charge in [0.2, 0.25) is 0 Å². The summed E-state index contributed by atoms with van der Waals surface area (Å²) in [5.74, 6) is 7.65. The zero-order valence-electron chi connectivity index (χ0n) is 18.9. The van der Waals surface area contributed by atoms with Gasteiger partial charge in [-0.15, -0.1) is 13.2 Å². The second-order valence-corrected chi connectivity index (χ2v) is 8.94. The number of ether oxygens (including phenoxy) is 1. The minimum absolute atomic E-state index is 0.239. The Morgan fingerprint density at radius 2 is 1.31 bits per heavy atom. The Balaban J connectivity index is 1.42. The molecule has 0 aliphatic heterocycles. The van der Waals surface area contributed by atoms with Crippen molar-refractivity contribution in [1.82, 2.24) is 0 Å². The second-order valence-electron chi connectivity index (χ2n) is 8.94. The largest absolute Gasteiger partial charge is 0.573 e. The summed E-state index contributed by atoms with van der Waals surface area (Å²) in [6, 6.07) is 13.9. The van der Waals surface area contributed by atoms with E-state index in [9.17, 15) is 13.2 Å². The average Bonchev–Trinajstić information content (AvgIpc) is 2.78. The quantitative estimate of drug-likeness (QED) is 0.295. The molecule has 4 heteroatoms. The highest BCUT2D eigenvalue weighted by atomic mass is 19.4. The Kier molecular flexibility index (Phi) is 9.09. The molecule has 3 rings (SSSR count). The zero-order valence-corrected chi connectivity index (χ0v) is 18.9. The Bertz CT molecular complexity index is 864.